The Morgan fingerprint density at radius 3 is 1.03 bits per heavy atom. The maximum Gasteiger partial charge on any atom is 4.00 e. The van der Waals surface area contributed by atoms with Gasteiger partial charge in [-0.3, -0.25) is 9.11 Å². The van der Waals surface area contributed by atoms with Crippen LogP contribution < -0.4 is 30.2 Å². The van der Waals surface area contributed by atoms with E-state index in [1.165, 1.54) is 24.3 Å². The van der Waals surface area contributed by atoms with Gasteiger partial charge in [0.25, 0.3) is 20.2 Å². The van der Waals surface area contributed by atoms with Crippen molar-refractivity contribution in [3.63, 3.8) is 0 Å². The first-order chi connectivity index (χ1) is 12.5. The molecule has 17 heteroatoms. The van der Waals surface area contributed by atoms with Gasteiger partial charge in [-0.05, 0) is 27.3 Å². The van der Waals surface area contributed by atoms with Crippen LogP contribution in [0.2, 0.25) is 0 Å². The first-order valence-electron chi connectivity index (χ1n) is 6.64. The number of benzene rings is 2. The molecule has 0 aliphatic heterocycles. The Morgan fingerprint density at radius 1 is 0.621 bits per heavy atom. The van der Waals surface area contributed by atoms with Crippen LogP contribution in [0.1, 0.15) is 0 Å². The van der Waals surface area contributed by atoms with Crippen molar-refractivity contribution in [3.05, 3.63) is 48.5 Å². The average Bonchev–Trinajstić information content (AvgIpc) is 2.52. The van der Waals surface area contributed by atoms with Crippen LogP contribution in [0.4, 0.5) is 0 Å². The summed E-state index contributed by atoms with van der Waals surface area (Å²) in [5.41, 5.74) is 0. The molecule has 156 valence electrons. The fourth-order valence-electron chi connectivity index (χ4n) is 1.80. The molecule has 0 amide bonds. The molecule has 0 fully saturated rings. The van der Waals surface area contributed by atoms with Gasteiger partial charge in [-0.25, -0.2) is 0 Å². The molecule has 0 heterocycles. The average molecular weight is 564 g/mol. The van der Waals surface area contributed by atoms with E-state index in [0.29, 0.717) is 0 Å². The quantitative estimate of drug-likeness (QED) is 0.279. The third-order valence-corrected chi connectivity index (χ3v) is 6.96. The molecule has 12 nitrogen and oxygen atoms in total. The molecule has 2 aromatic carbocycles. The molecule has 0 bridgehead atoms. The third-order valence-electron chi connectivity index (χ3n) is 2.88. The Balaban J connectivity index is 0.000000523. The normalized spacial score (nSPS) is 12.3. The van der Waals surface area contributed by atoms with E-state index in [4.69, 9.17) is 9.11 Å². The summed E-state index contributed by atoms with van der Waals surface area (Å²) in [6.45, 7) is 0. The third kappa shape index (κ3) is 8.60. The van der Waals surface area contributed by atoms with Gasteiger partial charge in [-0.2, -0.15) is 16.8 Å². The largest absolute Gasteiger partial charge is 4.00 e. The Bertz CT molecular complexity index is 1070. The van der Waals surface area contributed by atoms with Gasteiger partial charge in [0.05, 0.1) is 0 Å². The van der Waals surface area contributed by atoms with E-state index in [-0.39, 0.29) is 26.2 Å². The molecule has 2 aromatic rings. The van der Waals surface area contributed by atoms with Crippen LogP contribution in [0.15, 0.2) is 58.3 Å². The van der Waals surface area contributed by atoms with Gasteiger partial charge in [0.15, 0.2) is 0 Å². The zero-order chi connectivity index (χ0) is 22.0. The van der Waals surface area contributed by atoms with Crippen LogP contribution in [0.5, 0.6) is 0 Å². The summed E-state index contributed by atoms with van der Waals surface area (Å²) in [5, 5.41) is -1.86. The number of hydrogen-bond acceptors (Lipinski definition) is 10. The van der Waals surface area contributed by atoms with Gasteiger partial charge in [0.1, 0.15) is 9.79 Å². The second kappa shape index (κ2) is 10.2. The first-order valence-corrected chi connectivity index (χ1v) is 12.6. The fourth-order valence-corrected chi connectivity index (χ4v) is 5.56. The molecule has 2 N–H and O–H groups in total. The van der Waals surface area contributed by atoms with E-state index >= 15 is 0 Å². The summed E-state index contributed by atoms with van der Waals surface area (Å²) in [7, 11) is -19.8. The first kappa shape index (κ1) is 28.4. The van der Waals surface area contributed by atoms with Crippen molar-refractivity contribution in [2.24, 2.45) is 0 Å². The van der Waals surface area contributed by atoms with Crippen molar-refractivity contribution < 1.29 is 80.8 Å². The smallest absolute Gasteiger partial charge is 0.807 e. The summed E-state index contributed by atoms with van der Waals surface area (Å²) in [4.78, 5) is 40.6. The zero-order valence-corrected chi connectivity index (χ0v) is 19.7. The monoisotopic (exact) mass is 562 g/mol. The molecule has 0 aromatic heterocycles. The molecule has 0 aliphatic carbocycles. The summed E-state index contributed by atoms with van der Waals surface area (Å²) in [6, 6.07) is 8.09. The Kier molecular flexibility index (Phi) is 9.97. The van der Waals surface area contributed by atoms with Crippen molar-refractivity contribution >= 4 is 46.0 Å². The molecular formula is C12H10O12P2S2Zr. The van der Waals surface area contributed by atoms with Crippen LogP contribution in [-0.2, 0) is 55.6 Å². The molecule has 0 unspecified atom stereocenters. The molecule has 0 saturated heterocycles. The minimum atomic E-state index is -5.19. The van der Waals surface area contributed by atoms with Crippen molar-refractivity contribution in [1.82, 2.24) is 0 Å². The molecule has 29 heavy (non-hydrogen) atoms. The summed E-state index contributed by atoms with van der Waals surface area (Å²) in [5.74, 6) is 0. The van der Waals surface area contributed by atoms with Crippen molar-refractivity contribution in [1.29, 1.82) is 0 Å². The summed E-state index contributed by atoms with van der Waals surface area (Å²) in [6.07, 6.45) is 0. The molecule has 0 saturated carbocycles. The van der Waals surface area contributed by atoms with Crippen LogP contribution in [0, 0.1) is 0 Å². The number of hydrogen-bond donors (Lipinski definition) is 2. The zero-order valence-electron chi connectivity index (χ0n) is 13.8. The van der Waals surface area contributed by atoms with Gasteiger partial charge in [0, 0.05) is 10.6 Å². The second-order valence-electron chi connectivity index (χ2n) is 4.88. The Morgan fingerprint density at radius 2 is 0.862 bits per heavy atom. The molecule has 2 rings (SSSR count). The van der Waals surface area contributed by atoms with E-state index < -0.39 is 55.8 Å². The van der Waals surface area contributed by atoms with Crippen LogP contribution in [-0.4, -0.2) is 25.9 Å². The van der Waals surface area contributed by atoms with Crippen molar-refractivity contribution in [3.8, 4) is 0 Å². The predicted molar refractivity (Wildman–Crippen MR) is 87.0 cm³/mol. The molecule has 0 radical (unpaired) electrons. The van der Waals surface area contributed by atoms with Crippen LogP contribution >= 0.6 is 15.2 Å². The fraction of sp³-hybridized carbons (Fsp3) is 0. The van der Waals surface area contributed by atoms with Crippen LogP contribution in [0.25, 0.3) is 0 Å². The van der Waals surface area contributed by atoms with Gasteiger partial charge in [-0.15, -0.1) is 0 Å². The van der Waals surface area contributed by atoms with E-state index in [0.717, 1.165) is 24.3 Å². The van der Waals surface area contributed by atoms with E-state index in [2.05, 4.69) is 0 Å². The summed E-state index contributed by atoms with van der Waals surface area (Å²) < 4.78 is 81.0. The van der Waals surface area contributed by atoms with Gasteiger partial charge in [0.2, 0.25) is 0 Å². The van der Waals surface area contributed by atoms with Crippen molar-refractivity contribution in [2.45, 2.75) is 9.79 Å². The minimum absolute atomic E-state index is 0. The van der Waals surface area contributed by atoms with Crippen molar-refractivity contribution in [2.75, 3.05) is 0 Å². The van der Waals surface area contributed by atoms with Gasteiger partial charge < -0.3 is 28.7 Å². The summed E-state index contributed by atoms with van der Waals surface area (Å²) >= 11 is 0. The molecular weight excluding hydrogens is 553 g/mol. The van der Waals surface area contributed by atoms with E-state index in [1.807, 2.05) is 0 Å². The molecule has 0 aliphatic rings. The SMILES string of the molecule is O=P([O-])([O-])c1ccccc1S(=O)(=O)O.O=P([O-])([O-])c1ccccc1S(=O)(=O)O.[Zr+4]. The van der Waals surface area contributed by atoms with Crippen LogP contribution in [0.3, 0.4) is 0 Å². The van der Waals surface area contributed by atoms with E-state index in [1.54, 1.807) is 0 Å². The van der Waals surface area contributed by atoms with Gasteiger partial charge in [-0.1, -0.05) is 36.4 Å². The minimum Gasteiger partial charge on any atom is -0.807 e. The maximum absolute atomic E-state index is 10.7. The predicted octanol–water partition coefficient (Wildman–Crippen LogP) is -3.06. The molecule has 0 atom stereocenters. The standard InChI is InChI=1S/2C6H7O6PS.Zr/c2*7-13(8,9)5-3-1-2-4-6(5)14(10,11)12;/h2*1-4H,(H2,7,8,9)(H,10,11,12);/q;;+4/p-4. The second-order valence-corrected chi connectivity index (χ2v) is 10.6. The Labute approximate surface area is 184 Å². The number of rotatable bonds is 4. The topological polar surface area (TPSA) is 235 Å². The van der Waals surface area contributed by atoms with E-state index in [9.17, 15) is 45.5 Å². The molecule has 0 spiro atoms. The maximum atomic E-state index is 10.7. The van der Waals surface area contributed by atoms with Gasteiger partial charge >= 0.3 is 26.2 Å². The Hall–Kier alpha value is -0.557.